The van der Waals surface area contributed by atoms with Crippen LogP contribution in [0.4, 0.5) is 45.3 Å². The Morgan fingerprint density at radius 3 is 1.70 bits per heavy atom. The van der Waals surface area contributed by atoms with Gasteiger partial charge in [0.2, 0.25) is 0 Å². The second-order valence-corrected chi connectivity index (χ2v) is 8.84. The van der Waals surface area contributed by atoms with Crippen molar-refractivity contribution in [1.82, 2.24) is 14.9 Å². The molecule has 1 aliphatic heterocycles. The second-order valence-electron chi connectivity index (χ2n) is 7.78. The summed E-state index contributed by atoms with van der Waals surface area (Å²) in [5, 5.41) is 33.5. The van der Waals surface area contributed by atoms with Crippen molar-refractivity contribution in [2.75, 3.05) is 24.5 Å². The van der Waals surface area contributed by atoms with Crippen LogP contribution in [0.2, 0.25) is 0 Å². The number of hydrogen-bond donors (Lipinski definition) is 4. The number of carboxylic acid groups (broad SMARTS) is 4. The zero-order chi connectivity index (χ0) is 33.8. The van der Waals surface area contributed by atoms with Crippen LogP contribution in [0.5, 0.6) is 0 Å². The summed E-state index contributed by atoms with van der Waals surface area (Å²) in [6.07, 6.45) is -13.5. The number of alkyl halides is 9. The van der Waals surface area contributed by atoms with Crippen LogP contribution in [0, 0.1) is 6.92 Å². The number of aromatic nitrogens is 2. The maximum absolute atomic E-state index is 11.0. The average Bonchev–Trinajstić information content (AvgIpc) is 3.17. The highest BCUT2D eigenvalue weighted by molar-refractivity contribution is 7.09. The van der Waals surface area contributed by atoms with E-state index in [2.05, 4.69) is 20.2 Å². The van der Waals surface area contributed by atoms with E-state index >= 15 is 0 Å². The minimum atomic E-state index is -5.08. The molecular weight excluding hydrogens is 639 g/mol. The van der Waals surface area contributed by atoms with Crippen molar-refractivity contribution in [3.05, 3.63) is 40.0 Å². The summed E-state index contributed by atoms with van der Waals surface area (Å²) in [4.78, 5) is 50.8. The maximum Gasteiger partial charge on any atom is 0.490 e. The molecule has 2 aromatic rings. The number of aryl methyl sites for hydroxylation is 1. The number of hydrogen-bond acceptors (Lipinski definition) is 9. The van der Waals surface area contributed by atoms with E-state index in [4.69, 9.17) is 34.8 Å². The van der Waals surface area contributed by atoms with Crippen LogP contribution in [0.25, 0.3) is 0 Å². The van der Waals surface area contributed by atoms with Crippen LogP contribution < -0.4 is 4.90 Å². The Hall–Kier alpha value is -4.21. The molecule has 3 heterocycles. The van der Waals surface area contributed by atoms with Crippen molar-refractivity contribution >= 4 is 41.0 Å². The van der Waals surface area contributed by atoms with Gasteiger partial charge >= 0.3 is 42.4 Å². The van der Waals surface area contributed by atoms with Crippen LogP contribution in [0.15, 0.2) is 23.7 Å². The van der Waals surface area contributed by atoms with Crippen molar-refractivity contribution in [3.63, 3.8) is 0 Å². The van der Waals surface area contributed by atoms with Crippen molar-refractivity contribution in [2.24, 2.45) is 0 Å². The highest BCUT2D eigenvalue weighted by atomic mass is 32.1. The van der Waals surface area contributed by atoms with E-state index in [1.165, 1.54) is 0 Å². The molecule has 242 valence electrons. The van der Waals surface area contributed by atoms with E-state index in [9.17, 15) is 44.3 Å². The van der Waals surface area contributed by atoms with Gasteiger partial charge in [0.1, 0.15) is 5.82 Å². The molecule has 0 fully saturated rings. The van der Waals surface area contributed by atoms with Gasteiger partial charge in [-0.05, 0) is 13.0 Å². The zero-order valence-electron chi connectivity index (χ0n) is 21.4. The lowest BCUT2D eigenvalue weighted by Gasteiger charge is -2.22. The molecule has 22 heteroatoms. The number of rotatable bonds is 4. The Labute approximate surface area is 238 Å². The molecule has 0 bridgehead atoms. The highest BCUT2D eigenvalue weighted by Crippen LogP contribution is 2.24. The van der Waals surface area contributed by atoms with Gasteiger partial charge in [0.25, 0.3) is 0 Å². The van der Waals surface area contributed by atoms with Gasteiger partial charge in [0.15, 0.2) is 0 Å². The molecule has 0 aliphatic carbocycles. The highest BCUT2D eigenvalue weighted by Gasteiger charge is 2.39. The molecule has 2 aromatic heterocycles. The van der Waals surface area contributed by atoms with E-state index < -0.39 is 42.4 Å². The fourth-order valence-corrected chi connectivity index (χ4v) is 3.29. The van der Waals surface area contributed by atoms with Gasteiger partial charge in [-0.3, -0.25) is 9.69 Å². The SMILES string of the molecule is Cc1nc(CN2CCN(CC(=O)O)Cc3cccnc32)cs1.O=C(O)C(F)(F)F.O=C(O)C(F)(F)F.O=C(O)C(F)(F)F. The summed E-state index contributed by atoms with van der Waals surface area (Å²) in [6, 6.07) is 3.91. The lowest BCUT2D eigenvalue weighted by Crippen LogP contribution is -2.34. The number of carboxylic acids is 4. The minimum Gasteiger partial charge on any atom is -0.480 e. The molecule has 3 rings (SSSR count). The number of anilines is 1. The van der Waals surface area contributed by atoms with E-state index in [-0.39, 0.29) is 6.54 Å². The molecule has 0 radical (unpaired) electrons. The van der Waals surface area contributed by atoms with Gasteiger partial charge in [-0.2, -0.15) is 39.5 Å². The summed E-state index contributed by atoms with van der Waals surface area (Å²) < 4.78 is 95.2. The lowest BCUT2D eigenvalue weighted by molar-refractivity contribution is -0.193. The first-order valence-corrected chi connectivity index (χ1v) is 11.8. The minimum absolute atomic E-state index is 0.0536. The standard InChI is InChI=1S/C15H18N4O2S.3C2HF3O2/c1-11-17-13(10-22-11)8-19-6-5-18(9-14(20)21)7-12-3-2-4-16-15(12)19;3*3-2(4,5)1(6)7/h2-4,10H,5-9H2,1H3,(H,20,21);3*(H,6,7). The number of aliphatic carboxylic acids is 4. The maximum atomic E-state index is 11.0. The quantitative estimate of drug-likeness (QED) is 0.350. The normalized spacial score (nSPS) is 13.4. The second kappa shape index (κ2) is 16.4. The Balaban J connectivity index is 0.000000690. The molecule has 0 atom stereocenters. The summed E-state index contributed by atoms with van der Waals surface area (Å²) >= 11 is 1.64. The molecule has 12 nitrogen and oxygen atoms in total. The number of nitrogens with zero attached hydrogens (tertiary/aromatic N) is 4. The van der Waals surface area contributed by atoms with E-state index in [0.29, 0.717) is 19.6 Å². The van der Waals surface area contributed by atoms with Crippen LogP contribution in [-0.2, 0) is 32.3 Å². The zero-order valence-corrected chi connectivity index (χ0v) is 22.2. The van der Waals surface area contributed by atoms with Gasteiger partial charge in [-0.15, -0.1) is 11.3 Å². The van der Waals surface area contributed by atoms with Gasteiger partial charge in [0, 0.05) is 36.8 Å². The van der Waals surface area contributed by atoms with Gasteiger partial charge < -0.3 is 25.3 Å². The third-order valence-corrected chi connectivity index (χ3v) is 5.18. The van der Waals surface area contributed by atoms with Gasteiger partial charge in [0.05, 0.1) is 23.8 Å². The predicted octanol–water partition coefficient (Wildman–Crippen LogP) is 3.65. The number of halogens is 9. The smallest absolute Gasteiger partial charge is 0.480 e. The molecule has 43 heavy (non-hydrogen) atoms. The van der Waals surface area contributed by atoms with Crippen LogP contribution in [0.1, 0.15) is 16.3 Å². The lowest BCUT2D eigenvalue weighted by atomic mass is 10.2. The van der Waals surface area contributed by atoms with Crippen molar-refractivity contribution in [2.45, 2.75) is 38.5 Å². The average molecular weight is 660 g/mol. The Bertz CT molecular complexity index is 1180. The fraction of sp³-hybridized carbons (Fsp3) is 0.429. The summed E-state index contributed by atoms with van der Waals surface area (Å²) in [7, 11) is 0. The van der Waals surface area contributed by atoms with Crippen molar-refractivity contribution in [1.29, 1.82) is 0 Å². The number of fused-ring (bicyclic) bond motifs is 1. The van der Waals surface area contributed by atoms with Crippen LogP contribution in [0.3, 0.4) is 0 Å². The molecule has 0 amide bonds. The van der Waals surface area contributed by atoms with E-state index in [1.54, 1.807) is 17.5 Å². The molecule has 4 N–H and O–H groups in total. The van der Waals surface area contributed by atoms with Gasteiger partial charge in [-0.25, -0.2) is 24.4 Å². The molecule has 1 aliphatic rings. The monoisotopic (exact) mass is 660 g/mol. The largest absolute Gasteiger partial charge is 0.490 e. The van der Waals surface area contributed by atoms with E-state index in [1.807, 2.05) is 24.0 Å². The Kier molecular flexibility index (Phi) is 14.8. The molecule has 0 saturated carbocycles. The van der Waals surface area contributed by atoms with Crippen LogP contribution >= 0.6 is 11.3 Å². The first kappa shape index (κ1) is 38.8. The summed E-state index contributed by atoms with van der Waals surface area (Å²) in [5.74, 6) is -8.14. The molecule has 0 aromatic carbocycles. The molecule has 0 spiro atoms. The third-order valence-electron chi connectivity index (χ3n) is 4.35. The topological polar surface area (TPSA) is 181 Å². The first-order chi connectivity index (χ1) is 19.4. The first-order valence-electron chi connectivity index (χ1n) is 10.9. The molecule has 0 unspecified atom stereocenters. The third kappa shape index (κ3) is 16.1. The summed E-state index contributed by atoms with van der Waals surface area (Å²) in [5.41, 5.74) is 2.10. The van der Waals surface area contributed by atoms with Crippen molar-refractivity contribution < 1.29 is 79.1 Å². The summed E-state index contributed by atoms with van der Waals surface area (Å²) in [6.45, 7) is 4.81. The Morgan fingerprint density at radius 2 is 1.33 bits per heavy atom. The van der Waals surface area contributed by atoms with E-state index in [0.717, 1.165) is 28.6 Å². The van der Waals surface area contributed by atoms with Crippen molar-refractivity contribution in [3.8, 4) is 0 Å². The molecule has 0 saturated heterocycles. The number of carbonyl (C=O) groups is 4. The van der Waals surface area contributed by atoms with Crippen LogP contribution in [-0.4, -0.2) is 97.3 Å². The van der Waals surface area contributed by atoms with Gasteiger partial charge in [-0.1, -0.05) is 6.07 Å². The fourth-order valence-electron chi connectivity index (χ4n) is 2.68. The number of pyridine rings is 1. The predicted molar refractivity (Wildman–Crippen MR) is 126 cm³/mol. The number of thiazole rings is 1. The molecular formula is C21H21F9N4O8S. The Morgan fingerprint density at radius 1 is 0.860 bits per heavy atom.